The van der Waals surface area contributed by atoms with Crippen molar-refractivity contribution in [3.05, 3.63) is 58.7 Å². The molecule has 6 nitrogen and oxygen atoms in total. The molecule has 1 heterocycles. The van der Waals surface area contributed by atoms with Gasteiger partial charge in [-0.15, -0.1) is 0 Å². The Morgan fingerprint density at radius 1 is 1.07 bits per heavy atom. The Labute approximate surface area is 167 Å². The second-order valence-corrected chi connectivity index (χ2v) is 8.78. The molecule has 1 aliphatic rings. The number of hydrogen-bond donors (Lipinski definition) is 1. The van der Waals surface area contributed by atoms with Crippen molar-refractivity contribution in [1.82, 2.24) is 9.62 Å². The van der Waals surface area contributed by atoms with E-state index in [9.17, 15) is 8.42 Å². The van der Waals surface area contributed by atoms with Crippen molar-refractivity contribution < 1.29 is 17.9 Å². The molecule has 0 aromatic heterocycles. The van der Waals surface area contributed by atoms with Crippen LogP contribution < -0.4 is 9.46 Å². The standard InChI is InChI=1S/C21H28N2O4S/c1-16-12-20(26-3)13-17(2)21(16)28(24,25)22-14-18-6-4-5-7-19(18)15-23-8-10-27-11-9-23/h4-7,12-13,22H,8-11,14-15H2,1-3H3. The van der Waals surface area contributed by atoms with Gasteiger partial charge in [0.2, 0.25) is 10.0 Å². The first-order chi connectivity index (χ1) is 13.4. The highest BCUT2D eigenvalue weighted by molar-refractivity contribution is 7.89. The summed E-state index contributed by atoms with van der Waals surface area (Å²) in [5.74, 6) is 0.657. The fourth-order valence-electron chi connectivity index (χ4n) is 3.58. The van der Waals surface area contributed by atoms with Crippen LogP contribution in [0.5, 0.6) is 5.75 Å². The molecule has 1 fully saturated rings. The van der Waals surface area contributed by atoms with Crippen LogP contribution in [-0.2, 0) is 27.8 Å². The molecule has 3 rings (SSSR count). The molecule has 7 heteroatoms. The molecule has 0 atom stereocenters. The Morgan fingerprint density at radius 2 is 1.68 bits per heavy atom. The molecule has 1 saturated heterocycles. The summed E-state index contributed by atoms with van der Waals surface area (Å²) >= 11 is 0. The van der Waals surface area contributed by atoms with Gasteiger partial charge in [-0.2, -0.15) is 0 Å². The Bertz CT molecular complexity index is 899. The summed E-state index contributed by atoms with van der Waals surface area (Å²) in [6, 6.07) is 11.5. The predicted octanol–water partition coefficient (Wildman–Crippen LogP) is 2.62. The summed E-state index contributed by atoms with van der Waals surface area (Å²) in [6.45, 7) is 7.90. The maximum Gasteiger partial charge on any atom is 0.241 e. The van der Waals surface area contributed by atoms with Crippen LogP contribution in [0.25, 0.3) is 0 Å². The number of ether oxygens (including phenoxy) is 2. The molecule has 0 saturated carbocycles. The number of rotatable bonds is 7. The van der Waals surface area contributed by atoms with Gasteiger partial charge in [-0.05, 0) is 48.2 Å². The van der Waals surface area contributed by atoms with Crippen LogP contribution in [0.2, 0.25) is 0 Å². The molecular weight excluding hydrogens is 376 g/mol. The zero-order valence-electron chi connectivity index (χ0n) is 16.7. The Morgan fingerprint density at radius 3 is 2.29 bits per heavy atom. The van der Waals surface area contributed by atoms with Crippen LogP contribution in [-0.4, -0.2) is 46.7 Å². The summed E-state index contributed by atoms with van der Waals surface area (Å²) in [6.07, 6.45) is 0. The average molecular weight is 405 g/mol. The Kier molecular flexibility index (Phi) is 6.72. The van der Waals surface area contributed by atoms with Crippen molar-refractivity contribution in [2.24, 2.45) is 0 Å². The van der Waals surface area contributed by atoms with E-state index in [0.29, 0.717) is 21.8 Å². The van der Waals surface area contributed by atoms with E-state index in [-0.39, 0.29) is 6.54 Å². The minimum absolute atomic E-state index is 0.258. The van der Waals surface area contributed by atoms with Gasteiger partial charge in [-0.1, -0.05) is 24.3 Å². The van der Waals surface area contributed by atoms with E-state index in [1.54, 1.807) is 33.1 Å². The largest absolute Gasteiger partial charge is 0.497 e. The lowest BCUT2D eigenvalue weighted by molar-refractivity contribution is 0.0341. The molecule has 28 heavy (non-hydrogen) atoms. The minimum Gasteiger partial charge on any atom is -0.497 e. The lowest BCUT2D eigenvalue weighted by Gasteiger charge is -2.27. The van der Waals surface area contributed by atoms with Gasteiger partial charge >= 0.3 is 0 Å². The van der Waals surface area contributed by atoms with Gasteiger partial charge in [0.25, 0.3) is 0 Å². The van der Waals surface area contributed by atoms with E-state index in [1.807, 2.05) is 18.2 Å². The van der Waals surface area contributed by atoms with Crippen LogP contribution in [0.4, 0.5) is 0 Å². The van der Waals surface area contributed by atoms with Crippen molar-refractivity contribution in [3.63, 3.8) is 0 Å². The fraction of sp³-hybridized carbons (Fsp3) is 0.429. The number of benzene rings is 2. The van der Waals surface area contributed by atoms with Crippen molar-refractivity contribution in [2.75, 3.05) is 33.4 Å². The second-order valence-electron chi connectivity index (χ2n) is 7.07. The number of nitrogens with one attached hydrogen (secondary N) is 1. The van der Waals surface area contributed by atoms with E-state index in [0.717, 1.165) is 44.0 Å². The summed E-state index contributed by atoms with van der Waals surface area (Å²) in [7, 11) is -2.06. The van der Waals surface area contributed by atoms with E-state index in [4.69, 9.17) is 9.47 Å². The van der Waals surface area contributed by atoms with Gasteiger partial charge in [-0.3, -0.25) is 4.90 Å². The highest BCUT2D eigenvalue weighted by Crippen LogP contribution is 2.26. The third-order valence-electron chi connectivity index (χ3n) is 5.01. The van der Waals surface area contributed by atoms with E-state index in [2.05, 4.69) is 15.7 Å². The van der Waals surface area contributed by atoms with E-state index < -0.39 is 10.0 Å². The smallest absolute Gasteiger partial charge is 0.241 e. The van der Waals surface area contributed by atoms with Crippen LogP contribution in [0.3, 0.4) is 0 Å². The van der Waals surface area contributed by atoms with Crippen LogP contribution in [0.15, 0.2) is 41.3 Å². The first-order valence-electron chi connectivity index (χ1n) is 9.42. The molecule has 0 unspecified atom stereocenters. The van der Waals surface area contributed by atoms with Gasteiger partial charge in [0.05, 0.1) is 25.2 Å². The molecule has 0 spiro atoms. The quantitative estimate of drug-likeness (QED) is 0.768. The average Bonchev–Trinajstić information content (AvgIpc) is 2.67. The molecule has 1 N–H and O–H groups in total. The molecule has 2 aromatic carbocycles. The molecule has 0 aliphatic carbocycles. The van der Waals surface area contributed by atoms with Crippen molar-refractivity contribution in [1.29, 1.82) is 0 Å². The van der Waals surface area contributed by atoms with Crippen LogP contribution in [0, 0.1) is 13.8 Å². The summed E-state index contributed by atoms with van der Waals surface area (Å²) in [4.78, 5) is 2.65. The van der Waals surface area contributed by atoms with Gasteiger partial charge in [-0.25, -0.2) is 13.1 Å². The number of aryl methyl sites for hydroxylation is 2. The molecule has 1 aliphatic heterocycles. The highest BCUT2D eigenvalue weighted by atomic mass is 32.2. The van der Waals surface area contributed by atoms with Gasteiger partial charge in [0.1, 0.15) is 5.75 Å². The number of nitrogens with zero attached hydrogens (tertiary/aromatic N) is 1. The van der Waals surface area contributed by atoms with E-state index >= 15 is 0 Å². The number of morpholine rings is 1. The second kappa shape index (κ2) is 9.05. The predicted molar refractivity (Wildman–Crippen MR) is 109 cm³/mol. The minimum atomic E-state index is -3.63. The maximum atomic E-state index is 13.0. The first kappa shape index (κ1) is 20.8. The SMILES string of the molecule is COc1cc(C)c(S(=O)(=O)NCc2ccccc2CN2CCOCC2)c(C)c1. The lowest BCUT2D eigenvalue weighted by atomic mass is 10.1. The molecule has 0 bridgehead atoms. The summed E-state index contributed by atoms with van der Waals surface area (Å²) < 4.78 is 39.4. The van der Waals surface area contributed by atoms with Gasteiger partial charge < -0.3 is 9.47 Å². The zero-order chi connectivity index (χ0) is 20.1. The number of sulfonamides is 1. The normalized spacial score (nSPS) is 15.5. The molecule has 2 aromatic rings. The molecule has 152 valence electrons. The third kappa shape index (κ3) is 4.91. The maximum absolute atomic E-state index is 13.0. The molecule has 0 radical (unpaired) electrons. The van der Waals surface area contributed by atoms with Gasteiger partial charge in [0.15, 0.2) is 0 Å². The van der Waals surface area contributed by atoms with Gasteiger partial charge in [0, 0.05) is 26.2 Å². The monoisotopic (exact) mass is 404 g/mol. The van der Waals surface area contributed by atoms with Crippen LogP contribution in [0.1, 0.15) is 22.3 Å². The number of methoxy groups -OCH3 is 1. The fourth-order valence-corrected chi connectivity index (χ4v) is 5.04. The van der Waals surface area contributed by atoms with Crippen LogP contribution >= 0.6 is 0 Å². The Hall–Kier alpha value is -1.93. The Balaban J connectivity index is 1.77. The molecular formula is C21H28N2O4S. The zero-order valence-corrected chi connectivity index (χ0v) is 17.5. The molecule has 0 amide bonds. The lowest BCUT2D eigenvalue weighted by Crippen LogP contribution is -2.36. The topological polar surface area (TPSA) is 67.9 Å². The van der Waals surface area contributed by atoms with Crippen molar-refractivity contribution >= 4 is 10.0 Å². The highest BCUT2D eigenvalue weighted by Gasteiger charge is 2.21. The first-order valence-corrected chi connectivity index (χ1v) is 10.9. The number of hydrogen-bond acceptors (Lipinski definition) is 5. The third-order valence-corrected chi connectivity index (χ3v) is 6.71. The summed E-state index contributed by atoms with van der Waals surface area (Å²) in [5.41, 5.74) is 3.47. The summed E-state index contributed by atoms with van der Waals surface area (Å²) in [5, 5.41) is 0. The van der Waals surface area contributed by atoms with Crippen molar-refractivity contribution in [3.8, 4) is 5.75 Å². The van der Waals surface area contributed by atoms with Crippen molar-refractivity contribution in [2.45, 2.75) is 31.8 Å². The van der Waals surface area contributed by atoms with E-state index in [1.165, 1.54) is 0 Å².